The van der Waals surface area contributed by atoms with E-state index in [-0.39, 0.29) is 6.04 Å². The Balaban J connectivity index is 1.98. The van der Waals surface area contributed by atoms with Gasteiger partial charge in [0.15, 0.2) is 0 Å². The molecule has 3 heterocycles. The van der Waals surface area contributed by atoms with Crippen molar-refractivity contribution in [2.75, 3.05) is 6.54 Å². The van der Waals surface area contributed by atoms with Crippen LogP contribution in [0.3, 0.4) is 0 Å². The number of furan rings is 1. The molecular weight excluding hydrogens is 274 g/mol. The van der Waals surface area contributed by atoms with Crippen molar-refractivity contribution in [3.63, 3.8) is 0 Å². The summed E-state index contributed by atoms with van der Waals surface area (Å²) in [6.45, 7) is 0.792. The number of aliphatic carboxylic acids is 1. The van der Waals surface area contributed by atoms with E-state index in [1.807, 2.05) is 29.6 Å². The van der Waals surface area contributed by atoms with Crippen LogP contribution in [-0.4, -0.2) is 28.6 Å². The highest BCUT2D eigenvalue weighted by Gasteiger charge is 2.36. The molecule has 2 aromatic rings. The smallest absolute Gasteiger partial charge is 0.320 e. The number of piperidine rings is 1. The molecule has 3 rings (SSSR count). The van der Waals surface area contributed by atoms with Gasteiger partial charge in [0.25, 0.3) is 0 Å². The van der Waals surface area contributed by atoms with Gasteiger partial charge >= 0.3 is 5.97 Å². The molecule has 1 saturated heterocycles. The van der Waals surface area contributed by atoms with Crippen LogP contribution in [0.4, 0.5) is 0 Å². The first-order valence-electron chi connectivity index (χ1n) is 6.82. The number of rotatable bonds is 4. The van der Waals surface area contributed by atoms with Crippen LogP contribution in [0, 0.1) is 0 Å². The maximum atomic E-state index is 11.5. The molecule has 2 aromatic heterocycles. The highest BCUT2D eigenvalue weighted by atomic mass is 32.1. The zero-order chi connectivity index (χ0) is 13.9. The topological polar surface area (TPSA) is 53.7 Å². The molecule has 0 aliphatic carbocycles. The highest BCUT2D eigenvalue weighted by molar-refractivity contribution is 7.10. The molecule has 0 bridgehead atoms. The van der Waals surface area contributed by atoms with E-state index in [9.17, 15) is 9.90 Å². The largest absolute Gasteiger partial charge is 0.480 e. The van der Waals surface area contributed by atoms with E-state index in [4.69, 9.17) is 4.42 Å². The molecule has 2 unspecified atom stereocenters. The molecule has 20 heavy (non-hydrogen) atoms. The Bertz CT molecular complexity index is 515. The van der Waals surface area contributed by atoms with Crippen molar-refractivity contribution in [2.24, 2.45) is 0 Å². The molecule has 5 heteroatoms. The van der Waals surface area contributed by atoms with Crippen LogP contribution in [0.15, 0.2) is 40.3 Å². The SMILES string of the molecule is O=C(O)C1CCCCN1C(c1ccco1)c1cccs1. The molecular formula is C15H17NO3S. The summed E-state index contributed by atoms with van der Waals surface area (Å²) in [6, 6.07) is 7.31. The van der Waals surface area contributed by atoms with Crippen molar-refractivity contribution >= 4 is 17.3 Å². The lowest BCUT2D eigenvalue weighted by molar-refractivity contribution is -0.145. The first-order valence-corrected chi connectivity index (χ1v) is 7.70. The van der Waals surface area contributed by atoms with Crippen molar-refractivity contribution in [2.45, 2.75) is 31.3 Å². The average molecular weight is 291 g/mol. The normalized spacial score (nSPS) is 21.7. The van der Waals surface area contributed by atoms with E-state index in [1.54, 1.807) is 17.6 Å². The molecule has 2 atom stereocenters. The standard InChI is InChI=1S/C15H17NO3S/c17-15(18)11-5-1-2-8-16(11)14(12-6-3-9-19-12)13-7-4-10-20-13/h3-4,6-7,9-11,14H,1-2,5,8H2,(H,17,18). The minimum absolute atomic E-state index is 0.0913. The van der Waals surface area contributed by atoms with E-state index in [0.717, 1.165) is 30.0 Å². The van der Waals surface area contributed by atoms with Gasteiger partial charge in [-0.3, -0.25) is 9.69 Å². The molecule has 0 saturated carbocycles. The van der Waals surface area contributed by atoms with Gasteiger partial charge in [-0.25, -0.2) is 0 Å². The summed E-state index contributed by atoms with van der Waals surface area (Å²) >= 11 is 1.64. The second kappa shape index (κ2) is 5.81. The summed E-state index contributed by atoms with van der Waals surface area (Å²) < 4.78 is 5.57. The van der Waals surface area contributed by atoms with Gasteiger partial charge in [0, 0.05) is 11.4 Å². The molecule has 1 fully saturated rings. The quantitative estimate of drug-likeness (QED) is 0.938. The van der Waals surface area contributed by atoms with Crippen LogP contribution in [0.1, 0.15) is 35.9 Å². The number of hydrogen-bond acceptors (Lipinski definition) is 4. The molecule has 106 valence electrons. The van der Waals surface area contributed by atoms with Crippen LogP contribution in [0.25, 0.3) is 0 Å². The van der Waals surface area contributed by atoms with Crippen molar-refractivity contribution < 1.29 is 14.3 Å². The molecule has 1 aliphatic heterocycles. The minimum atomic E-state index is -0.738. The molecule has 0 radical (unpaired) electrons. The average Bonchev–Trinajstić information content (AvgIpc) is 3.13. The zero-order valence-corrected chi connectivity index (χ0v) is 11.9. The summed E-state index contributed by atoms with van der Waals surface area (Å²) in [7, 11) is 0. The summed E-state index contributed by atoms with van der Waals surface area (Å²) in [4.78, 5) is 14.7. The lowest BCUT2D eigenvalue weighted by atomic mass is 9.98. The Hall–Kier alpha value is -1.59. The number of carboxylic acids is 1. The van der Waals surface area contributed by atoms with E-state index < -0.39 is 12.0 Å². The van der Waals surface area contributed by atoms with Crippen molar-refractivity contribution in [3.8, 4) is 0 Å². The van der Waals surface area contributed by atoms with Gasteiger partial charge in [0.1, 0.15) is 17.8 Å². The second-order valence-electron chi connectivity index (χ2n) is 5.02. The van der Waals surface area contributed by atoms with Crippen molar-refractivity contribution in [3.05, 3.63) is 46.5 Å². The molecule has 1 N–H and O–H groups in total. The number of likely N-dealkylation sites (tertiary alicyclic amines) is 1. The Kier molecular flexibility index (Phi) is 3.89. The Morgan fingerprint density at radius 3 is 2.95 bits per heavy atom. The van der Waals surface area contributed by atoms with Gasteiger partial charge in [-0.15, -0.1) is 11.3 Å². The summed E-state index contributed by atoms with van der Waals surface area (Å²) in [6.07, 6.45) is 4.36. The Morgan fingerprint density at radius 2 is 2.30 bits per heavy atom. The highest BCUT2D eigenvalue weighted by Crippen LogP contribution is 2.36. The van der Waals surface area contributed by atoms with Crippen molar-refractivity contribution in [1.82, 2.24) is 4.90 Å². The van der Waals surface area contributed by atoms with Crippen molar-refractivity contribution in [1.29, 1.82) is 0 Å². The van der Waals surface area contributed by atoms with Crippen LogP contribution >= 0.6 is 11.3 Å². The van der Waals surface area contributed by atoms with Crippen LogP contribution in [0.2, 0.25) is 0 Å². The van der Waals surface area contributed by atoms with Gasteiger partial charge in [-0.2, -0.15) is 0 Å². The number of hydrogen-bond donors (Lipinski definition) is 1. The summed E-state index contributed by atoms with van der Waals surface area (Å²) in [5.74, 6) is 0.0819. The van der Waals surface area contributed by atoms with Gasteiger partial charge < -0.3 is 9.52 Å². The lowest BCUT2D eigenvalue weighted by Crippen LogP contribution is -2.46. The Labute approximate surface area is 121 Å². The zero-order valence-electron chi connectivity index (χ0n) is 11.1. The number of carboxylic acid groups (broad SMARTS) is 1. The summed E-state index contributed by atoms with van der Waals surface area (Å²) in [5, 5.41) is 11.5. The third kappa shape index (κ3) is 2.51. The van der Waals surface area contributed by atoms with Gasteiger partial charge in [-0.05, 0) is 36.4 Å². The predicted molar refractivity (Wildman–Crippen MR) is 76.9 cm³/mol. The monoisotopic (exact) mass is 291 g/mol. The number of thiophene rings is 1. The molecule has 0 amide bonds. The van der Waals surface area contributed by atoms with Gasteiger partial charge in [0.05, 0.1) is 6.26 Å². The number of carbonyl (C=O) groups is 1. The van der Waals surface area contributed by atoms with Crippen LogP contribution < -0.4 is 0 Å². The first kappa shape index (κ1) is 13.4. The summed E-state index contributed by atoms with van der Waals surface area (Å²) in [5.41, 5.74) is 0. The third-order valence-electron chi connectivity index (χ3n) is 3.79. The fraction of sp³-hybridized carbons (Fsp3) is 0.400. The maximum absolute atomic E-state index is 11.5. The van der Waals surface area contributed by atoms with E-state index in [0.29, 0.717) is 6.42 Å². The molecule has 0 aromatic carbocycles. The fourth-order valence-electron chi connectivity index (χ4n) is 2.89. The third-order valence-corrected chi connectivity index (χ3v) is 4.71. The second-order valence-corrected chi connectivity index (χ2v) is 6.00. The predicted octanol–water partition coefficient (Wildman–Crippen LogP) is 3.37. The number of nitrogens with zero attached hydrogens (tertiary/aromatic N) is 1. The van der Waals surface area contributed by atoms with E-state index in [2.05, 4.69) is 4.90 Å². The molecule has 4 nitrogen and oxygen atoms in total. The first-order chi connectivity index (χ1) is 9.77. The Morgan fingerprint density at radius 1 is 1.40 bits per heavy atom. The van der Waals surface area contributed by atoms with Crippen LogP contribution in [-0.2, 0) is 4.79 Å². The minimum Gasteiger partial charge on any atom is -0.480 e. The van der Waals surface area contributed by atoms with E-state index >= 15 is 0 Å². The van der Waals surface area contributed by atoms with Gasteiger partial charge in [-0.1, -0.05) is 12.5 Å². The maximum Gasteiger partial charge on any atom is 0.320 e. The molecule has 0 spiro atoms. The van der Waals surface area contributed by atoms with Crippen LogP contribution in [0.5, 0.6) is 0 Å². The fourth-order valence-corrected chi connectivity index (χ4v) is 3.74. The lowest BCUT2D eigenvalue weighted by Gasteiger charge is -2.37. The van der Waals surface area contributed by atoms with E-state index in [1.165, 1.54) is 0 Å². The van der Waals surface area contributed by atoms with Gasteiger partial charge in [0.2, 0.25) is 0 Å². The molecule has 1 aliphatic rings.